The highest BCUT2D eigenvalue weighted by Gasteiger charge is 2.31. The first-order valence-electron chi connectivity index (χ1n) is 6.66. The van der Waals surface area contributed by atoms with E-state index in [4.69, 9.17) is 5.11 Å². The molecule has 1 fully saturated rings. The van der Waals surface area contributed by atoms with Gasteiger partial charge < -0.3 is 5.11 Å². The third-order valence-corrected chi connectivity index (χ3v) is 6.36. The average Bonchev–Trinajstić information content (AvgIpc) is 2.84. The van der Waals surface area contributed by atoms with Gasteiger partial charge in [0.15, 0.2) is 0 Å². The van der Waals surface area contributed by atoms with Crippen LogP contribution in [0.4, 0.5) is 0 Å². The molecule has 0 unspecified atom stereocenters. The summed E-state index contributed by atoms with van der Waals surface area (Å²) in [5.41, 5.74) is 0.781. The topological polar surface area (TPSA) is 73.7 Å². The van der Waals surface area contributed by atoms with E-state index in [-0.39, 0.29) is 12.5 Å². The Labute approximate surface area is 124 Å². The van der Waals surface area contributed by atoms with Crippen LogP contribution in [0.25, 0.3) is 0 Å². The van der Waals surface area contributed by atoms with Gasteiger partial charge in [0.2, 0.25) is 0 Å². The lowest BCUT2D eigenvalue weighted by Crippen LogP contribution is -2.45. The number of piperidine rings is 1. The third-order valence-electron chi connectivity index (χ3n) is 3.60. The Kier molecular flexibility index (Phi) is 5.14. The summed E-state index contributed by atoms with van der Waals surface area (Å²) in [7, 11) is -1.85. The summed E-state index contributed by atoms with van der Waals surface area (Å²) in [4.78, 5) is 4.30. The minimum atomic E-state index is -3.43. The molecule has 2 heterocycles. The molecular weight excluding hydrogens is 298 g/mol. The van der Waals surface area contributed by atoms with Crippen LogP contribution in [0, 0.1) is 12.8 Å². The Balaban J connectivity index is 1.99. The number of rotatable bonds is 5. The number of aromatic nitrogens is 1. The summed E-state index contributed by atoms with van der Waals surface area (Å²) in [6.07, 6.45) is 1.44. The van der Waals surface area contributed by atoms with Crippen molar-refractivity contribution in [3.63, 3.8) is 0 Å². The molecule has 0 spiro atoms. The highest BCUT2D eigenvalue weighted by atomic mass is 32.2. The van der Waals surface area contributed by atoms with Crippen LogP contribution in [0.5, 0.6) is 0 Å². The Morgan fingerprint density at radius 1 is 1.50 bits per heavy atom. The van der Waals surface area contributed by atoms with Crippen LogP contribution in [0.3, 0.4) is 0 Å². The van der Waals surface area contributed by atoms with Gasteiger partial charge in [-0.3, -0.25) is 0 Å². The van der Waals surface area contributed by atoms with E-state index in [9.17, 15) is 8.42 Å². The van der Waals surface area contributed by atoms with Crippen molar-refractivity contribution in [2.75, 3.05) is 26.7 Å². The molecule has 114 valence electrons. The van der Waals surface area contributed by atoms with Gasteiger partial charge in [0.05, 0.1) is 17.2 Å². The molecule has 0 amide bonds. The molecule has 8 heteroatoms. The van der Waals surface area contributed by atoms with Crippen molar-refractivity contribution in [1.82, 2.24) is 13.6 Å². The molecule has 0 aliphatic carbocycles. The van der Waals surface area contributed by atoms with Gasteiger partial charge in [0.25, 0.3) is 10.2 Å². The molecule has 1 aliphatic rings. The van der Waals surface area contributed by atoms with E-state index in [1.807, 2.05) is 12.3 Å². The van der Waals surface area contributed by atoms with Crippen LogP contribution in [0.15, 0.2) is 5.38 Å². The minimum absolute atomic E-state index is 0.141. The van der Waals surface area contributed by atoms with E-state index in [0.29, 0.717) is 19.6 Å². The number of aryl methyl sites for hydroxylation is 1. The van der Waals surface area contributed by atoms with Crippen molar-refractivity contribution in [3.05, 3.63) is 16.1 Å². The van der Waals surface area contributed by atoms with Crippen LogP contribution >= 0.6 is 11.3 Å². The lowest BCUT2D eigenvalue weighted by atomic mass is 10.00. The maximum Gasteiger partial charge on any atom is 0.282 e. The second-order valence-electron chi connectivity index (χ2n) is 5.15. The minimum Gasteiger partial charge on any atom is -0.396 e. The number of aliphatic hydroxyl groups is 1. The van der Waals surface area contributed by atoms with Crippen LogP contribution < -0.4 is 0 Å². The van der Waals surface area contributed by atoms with Crippen molar-refractivity contribution in [2.24, 2.45) is 5.92 Å². The van der Waals surface area contributed by atoms with Crippen LogP contribution in [-0.4, -0.2) is 53.9 Å². The normalized spacial score (nSPS) is 18.8. The summed E-state index contributed by atoms with van der Waals surface area (Å²) in [5.74, 6) is 0.230. The third kappa shape index (κ3) is 3.56. The lowest BCUT2D eigenvalue weighted by molar-refractivity contribution is 0.166. The monoisotopic (exact) mass is 319 g/mol. The van der Waals surface area contributed by atoms with Gasteiger partial charge in [-0.15, -0.1) is 11.3 Å². The van der Waals surface area contributed by atoms with Crippen molar-refractivity contribution >= 4 is 21.5 Å². The summed E-state index contributed by atoms with van der Waals surface area (Å²) in [6.45, 7) is 3.30. The van der Waals surface area contributed by atoms with Crippen molar-refractivity contribution in [1.29, 1.82) is 0 Å². The molecule has 1 saturated heterocycles. The van der Waals surface area contributed by atoms with E-state index in [2.05, 4.69) is 4.98 Å². The Morgan fingerprint density at radius 3 is 2.65 bits per heavy atom. The zero-order chi connectivity index (χ0) is 14.8. The lowest BCUT2D eigenvalue weighted by Gasteiger charge is -2.32. The quantitative estimate of drug-likeness (QED) is 0.872. The molecule has 1 aromatic heterocycles. The van der Waals surface area contributed by atoms with Gasteiger partial charge in [-0.25, -0.2) is 4.98 Å². The highest BCUT2D eigenvalue weighted by molar-refractivity contribution is 7.86. The van der Waals surface area contributed by atoms with Crippen molar-refractivity contribution < 1.29 is 13.5 Å². The molecule has 0 aromatic carbocycles. The van der Waals surface area contributed by atoms with Gasteiger partial charge in [0.1, 0.15) is 0 Å². The molecule has 0 radical (unpaired) electrons. The highest BCUT2D eigenvalue weighted by Crippen LogP contribution is 2.21. The van der Waals surface area contributed by atoms with E-state index in [0.717, 1.165) is 23.5 Å². The van der Waals surface area contributed by atoms with Crippen LogP contribution in [-0.2, 0) is 16.8 Å². The Morgan fingerprint density at radius 2 is 2.15 bits per heavy atom. The number of hydrogen-bond acceptors (Lipinski definition) is 5. The molecule has 1 aromatic rings. The predicted molar refractivity (Wildman–Crippen MR) is 78.6 cm³/mol. The first-order chi connectivity index (χ1) is 9.43. The molecule has 20 heavy (non-hydrogen) atoms. The molecule has 0 saturated carbocycles. The molecule has 1 aliphatic heterocycles. The number of aliphatic hydroxyl groups excluding tert-OH is 1. The number of hydrogen-bond donors (Lipinski definition) is 1. The smallest absolute Gasteiger partial charge is 0.282 e. The van der Waals surface area contributed by atoms with Gasteiger partial charge in [-0.1, -0.05) is 0 Å². The first kappa shape index (κ1) is 15.8. The van der Waals surface area contributed by atoms with E-state index in [1.54, 1.807) is 7.05 Å². The van der Waals surface area contributed by atoms with E-state index < -0.39 is 10.2 Å². The summed E-state index contributed by atoms with van der Waals surface area (Å²) in [6, 6.07) is 0. The average molecular weight is 319 g/mol. The van der Waals surface area contributed by atoms with Gasteiger partial charge >= 0.3 is 0 Å². The zero-order valence-electron chi connectivity index (χ0n) is 11.8. The maximum atomic E-state index is 12.5. The maximum absolute atomic E-state index is 12.5. The zero-order valence-corrected chi connectivity index (χ0v) is 13.5. The summed E-state index contributed by atoms with van der Waals surface area (Å²) < 4.78 is 27.8. The Bertz CT molecular complexity index is 536. The van der Waals surface area contributed by atoms with Gasteiger partial charge in [-0.2, -0.15) is 17.0 Å². The summed E-state index contributed by atoms with van der Waals surface area (Å²) in [5, 5.41) is 11.9. The molecule has 0 atom stereocenters. The second kappa shape index (κ2) is 6.48. The standard InChI is InChI=1S/C12H21N3O3S2/c1-10-13-12(9-19-10)7-14(2)20(17,18)15-5-3-11(8-16)4-6-15/h9,11,16H,3-8H2,1-2H3. The van der Waals surface area contributed by atoms with E-state index >= 15 is 0 Å². The second-order valence-corrected chi connectivity index (χ2v) is 8.24. The fraction of sp³-hybridized carbons (Fsp3) is 0.750. The largest absolute Gasteiger partial charge is 0.396 e. The molecule has 2 rings (SSSR count). The van der Waals surface area contributed by atoms with Crippen LogP contribution in [0.1, 0.15) is 23.5 Å². The fourth-order valence-corrected chi connectivity index (χ4v) is 4.28. The van der Waals surface area contributed by atoms with Crippen molar-refractivity contribution in [2.45, 2.75) is 26.3 Å². The van der Waals surface area contributed by atoms with Crippen molar-refractivity contribution in [3.8, 4) is 0 Å². The van der Waals surface area contributed by atoms with Crippen LogP contribution in [0.2, 0.25) is 0 Å². The molecule has 6 nitrogen and oxygen atoms in total. The SMILES string of the molecule is Cc1nc(CN(C)S(=O)(=O)N2CCC(CO)CC2)cs1. The first-order valence-corrected chi connectivity index (χ1v) is 8.94. The van der Waals surface area contributed by atoms with Gasteiger partial charge in [-0.05, 0) is 25.7 Å². The number of nitrogens with zero attached hydrogens (tertiary/aromatic N) is 3. The predicted octanol–water partition coefficient (Wildman–Crippen LogP) is 0.832. The van der Waals surface area contributed by atoms with Gasteiger partial charge in [0, 0.05) is 32.1 Å². The Hall–Kier alpha value is -0.540. The summed E-state index contributed by atoms with van der Waals surface area (Å²) >= 11 is 1.52. The van der Waals surface area contributed by atoms with E-state index in [1.165, 1.54) is 19.9 Å². The fourth-order valence-electron chi connectivity index (χ4n) is 2.31. The number of thiazole rings is 1. The molecule has 1 N–H and O–H groups in total. The molecule has 0 bridgehead atoms. The molecular formula is C12H21N3O3S2.